The predicted octanol–water partition coefficient (Wildman–Crippen LogP) is 0.0262. The Morgan fingerprint density at radius 3 is 2.74 bits per heavy atom. The number of carbonyl (C=O) groups excluding carboxylic acids is 1. The summed E-state index contributed by atoms with van der Waals surface area (Å²) in [4.78, 5) is 32.0. The monoisotopic (exact) mass is 336 g/mol. The summed E-state index contributed by atoms with van der Waals surface area (Å²) in [5.41, 5.74) is 0.780. The minimum absolute atomic E-state index is 0.204. The summed E-state index contributed by atoms with van der Waals surface area (Å²) >= 11 is 1.41. The summed E-state index contributed by atoms with van der Waals surface area (Å²) in [6.07, 6.45) is 3.49. The van der Waals surface area contributed by atoms with Crippen molar-refractivity contribution >= 4 is 30.1 Å². The number of nitrogens with one attached hydrogen (secondary N) is 1. The molecule has 0 aromatic rings. The quantitative estimate of drug-likeness (QED) is 0.653. The van der Waals surface area contributed by atoms with Crippen molar-refractivity contribution in [1.82, 2.24) is 15.1 Å². The lowest BCUT2D eigenvalue weighted by molar-refractivity contribution is -0.815. The molecule has 9 heteroatoms. The molecule has 1 spiro atoms. The molecule has 0 saturated carbocycles. The maximum atomic E-state index is 12.3. The summed E-state index contributed by atoms with van der Waals surface area (Å²) in [7, 11) is 2.08. The van der Waals surface area contributed by atoms with Crippen molar-refractivity contribution in [3.63, 3.8) is 0 Å². The number of quaternary nitrogens is 1. The Bertz CT molecular complexity index is 682. The van der Waals surface area contributed by atoms with Crippen molar-refractivity contribution in [2.75, 3.05) is 39.1 Å². The van der Waals surface area contributed by atoms with Gasteiger partial charge in [-0.2, -0.15) is 9.79 Å². The van der Waals surface area contributed by atoms with Crippen LogP contribution in [0.2, 0.25) is 0 Å². The van der Waals surface area contributed by atoms with Crippen LogP contribution in [-0.4, -0.2) is 81.8 Å². The molecule has 23 heavy (non-hydrogen) atoms. The summed E-state index contributed by atoms with van der Waals surface area (Å²) in [6.45, 7) is 3.59. The molecule has 2 unspecified atom stereocenters. The topological polar surface area (TPSA) is 85.2 Å². The molecule has 0 aliphatic carbocycles. The Kier molecular flexibility index (Phi) is 3.09. The molecule has 0 aromatic heterocycles. The highest BCUT2D eigenvalue weighted by Crippen LogP contribution is 2.57. The molecule has 2 N–H and O–H groups in total. The van der Waals surface area contributed by atoms with E-state index < -0.39 is 21.5 Å². The van der Waals surface area contributed by atoms with Crippen LogP contribution >= 0.6 is 11.8 Å². The van der Waals surface area contributed by atoms with E-state index in [-0.39, 0.29) is 5.88 Å². The van der Waals surface area contributed by atoms with E-state index in [9.17, 15) is 14.7 Å². The van der Waals surface area contributed by atoms with Gasteiger partial charge in [0.25, 0.3) is 4.99 Å². The molecular weight excluding hydrogens is 318 g/mol. The molecule has 2 saturated heterocycles. The number of piperazine rings is 1. The first kappa shape index (κ1) is 14.7. The van der Waals surface area contributed by atoms with Crippen LogP contribution in [0, 0.1) is 0 Å². The van der Waals surface area contributed by atoms with Gasteiger partial charge in [0.05, 0.1) is 11.9 Å². The van der Waals surface area contributed by atoms with Crippen LogP contribution in [0.4, 0.5) is 4.79 Å². The van der Waals surface area contributed by atoms with Gasteiger partial charge in [0.2, 0.25) is 0 Å². The van der Waals surface area contributed by atoms with Gasteiger partial charge < -0.3 is 20.2 Å². The zero-order valence-corrected chi connectivity index (χ0v) is 13.5. The Balaban J connectivity index is 1.81. The van der Waals surface area contributed by atoms with Crippen molar-refractivity contribution in [3.8, 4) is 0 Å². The van der Waals surface area contributed by atoms with Gasteiger partial charge in [-0.25, -0.2) is 4.79 Å². The van der Waals surface area contributed by atoms with E-state index in [1.54, 1.807) is 6.08 Å². The number of hydrogen-bond donors (Lipinski definition) is 2. The Hall–Kier alpha value is -1.84. The molecule has 0 aromatic carbocycles. The van der Waals surface area contributed by atoms with Crippen LogP contribution in [0.15, 0.2) is 28.5 Å². The number of rotatable bonds is 1. The number of likely N-dealkylation sites (N-methyl/N-ethyl adjacent to an activating group) is 1. The fourth-order valence-corrected chi connectivity index (χ4v) is 4.96. The molecule has 4 rings (SSSR count). The third kappa shape index (κ3) is 1.72. The summed E-state index contributed by atoms with van der Waals surface area (Å²) in [5, 5.41) is 12.9. The SMILES string of the molecule is CN1CCN(C2=C3C=CC(=O)[N+]4(C(=O)O)CSC34N=CN2)CC1. The van der Waals surface area contributed by atoms with Gasteiger partial charge in [-0.15, -0.1) is 4.48 Å². The lowest BCUT2D eigenvalue weighted by Crippen LogP contribution is -2.77. The minimum Gasteiger partial charge on any atom is -0.435 e. The molecule has 122 valence electrons. The van der Waals surface area contributed by atoms with Gasteiger partial charge >= 0.3 is 12.0 Å². The maximum Gasteiger partial charge on any atom is 0.525 e. The molecule has 2 amide bonds. The van der Waals surface area contributed by atoms with Crippen molar-refractivity contribution in [3.05, 3.63) is 23.5 Å². The first-order valence-corrected chi connectivity index (χ1v) is 8.46. The summed E-state index contributed by atoms with van der Waals surface area (Å²) in [6, 6.07) is 0. The zero-order chi connectivity index (χ0) is 16.2. The van der Waals surface area contributed by atoms with Crippen molar-refractivity contribution < 1.29 is 19.2 Å². The number of nitrogens with zero attached hydrogens (tertiary/aromatic N) is 4. The van der Waals surface area contributed by atoms with Gasteiger partial charge in [0, 0.05) is 32.3 Å². The smallest absolute Gasteiger partial charge is 0.435 e. The van der Waals surface area contributed by atoms with E-state index in [2.05, 4.69) is 27.2 Å². The van der Waals surface area contributed by atoms with Crippen LogP contribution in [-0.2, 0) is 4.79 Å². The summed E-state index contributed by atoms with van der Waals surface area (Å²) < 4.78 is -0.668. The van der Waals surface area contributed by atoms with Crippen LogP contribution in [0.5, 0.6) is 0 Å². The average Bonchev–Trinajstić information content (AvgIpc) is 2.51. The van der Waals surface area contributed by atoms with Crippen LogP contribution in [0.25, 0.3) is 0 Å². The van der Waals surface area contributed by atoms with E-state index in [4.69, 9.17) is 0 Å². The van der Waals surface area contributed by atoms with Gasteiger partial charge in [-0.1, -0.05) is 0 Å². The molecule has 0 bridgehead atoms. The normalized spacial score (nSPS) is 36.2. The molecule has 2 fully saturated rings. The van der Waals surface area contributed by atoms with Gasteiger partial charge in [0.1, 0.15) is 5.82 Å². The standard InChI is InChI=1S/C14H17N5O3S/c1-17-4-6-18(7-5-17)12-10-2-3-11(20)19(13(21)22)9-23-14(10,19)16-8-15-12/h2-3,8H,4-7,9H2,1H3,(H-,15,16,20,21,22)/p+1. The second kappa shape index (κ2) is 4.83. The average molecular weight is 336 g/mol. The molecule has 0 radical (unpaired) electrons. The molecule has 8 nitrogen and oxygen atoms in total. The van der Waals surface area contributed by atoms with Crippen LogP contribution < -0.4 is 5.32 Å². The number of imide groups is 1. The minimum atomic E-state index is -1.15. The van der Waals surface area contributed by atoms with E-state index >= 15 is 0 Å². The number of carbonyl (C=O) groups is 2. The van der Waals surface area contributed by atoms with Crippen LogP contribution in [0.3, 0.4) is 0 Å². The second-order valence-corrected chi connectivity index (χ2v) is 7.22. The van der Waals surface area contributed by atoms with E-state index in [0.29, 0.717) is 0 Å². The highest BCUT2D eigenvalue weighted by molar-refractivity contribution is 8.01. The van der Waals surface area contributed by atoms with Gasteiger partial charge in [-0.3, -0.25) is 0 Å². The molecule has 4 aliphatic heterocycles. The second-order valence-electron chi connectivity index (χ2n) is 6.10. The largest absolute Gasteiger partial charge is 0.525 e. The third-order valence-corrected chi connectivity index (χ3v) is 6.49. The highest BCUT2D eigenvalue weighted by Gasteiger charge is 2.75. The molecular formula is C14H18N5O3S+. The Morgan fingerprint density at radius 1 is 1.39 bits per heavy atom. The first-order chi connectivity index (χ1) is 11.0. The van der Waals surface area contributed by atoms with Gasteiger partial charge in [0.15, 0.2) is 5.88 Å². The number of thioether (sulfide) groups is 1. The number of carboxylic acid groups (broad SMARTS) is 1. The third-order valence-electron chi connectivity index (χ3n) is 4.94. The van der Waals surface area contributed by atoms with Crippen LogP contribution in [0.1, 0.15) is 0 Å². The Morgan fingerprint density at radius 2 is 2.13 bits per heavy atom. The van der Waals surface area contributed by atoms with Gasteiger partial charge in [-0.05, 0) is 24.9 Å². The van der Waals surface area contributed by atoms with E-state index in [1.807, 2.05) is 0 Å². The Labute approximate surface area is 137 Å². The maximum absolute atomic E-state index is 12.3. The number of amides is 2. The summed E-state index contributed by atoms with van der Waals surface area (Å²) in [5.74, 6) is 0.652. The fraction of sp³-hybridized carbons (Fsp3) is 0.500. The van der Waals surface area contributed by atoms with Crippen molar-refractivity contribution in [2.24, 2.45) is 4.99 Å². The van der Waals surface area contributed by atoms with E-state index in [0.717, 1.165) is 37.6 Å². The predicted molar refractivity (Wildman–Crippen MR) is 85.3 cm³/mol. The lowest BCUT2D eigenvalue weighted by atomic mass is 10.0. The highest BCUT2D eigenvalue weighted by atomic mass is 32.2. The molecule has 2 atom stereocenters. The molecule has 4 aliphatic rings. The first-order valence-electron chi connectivity index (χ1n) is 7.48. The lowest BCUT2D eigenvalue weighted by Gasteiger charge is -2.54. The number of aliphatic imine (C=N–C) groups is 1. The number of hydrogen-bond acceptors (Lipinski definition) is 7. The molecule has 4 heterocycles. The van der Waals surface area contributed by atoms with E-state index in [1.165, 1.54) is 24.2 Å². The fourth-order valence-electron chi connectivity index (χ4n) is 3.47. The van der Waals surface area contributed by atoms with Crippen molar-refractivity contribution in [1.29, 1.82) is 0 Å². The van der Waals surface area contributed by atoms with Crippen molar-refractivity contribution in [2.45, 2.75) is 4.99 Å². The zero-order valence-electron chi connectivity index (χ0n) is 12.7.